The Kier molecular flexibility index (Phi) is 4.15. The van der Waals surface area contributed by atoms with Crippen molar-refractivity contribution in [1.82, 2.24) is 9.55 Å². The molecule has 0 atom stereocenters. The van der Waals surface area contributed by atoms with Gasteiger partial charge >= 0.3 is 0 Å². The molecule has 0 fully saturated rings. The van der Waals surface area contributed by atoms with E-state index in [1.54, 1.807) is 0 Å². The van der Waals surface area contributed by atoms with Crippen LogP contribution in [0.5, 0.6) is 0 Å². The van der Waals surface area contributed by atoms with Crippen LogP contribution in [0, 0.1) is 0 Å². The summed E-state index contributed by atoms with van der Waals surface area (Å²) in [4.78, 5) is 4.67. The zero-order valence-electron chi connectivity index (χ0n) is 18.4. The Hall–Kier alpha value is -4.63. The first-order valence-corrected chi connectivity index (χ1v) is 11.5. The van der Waals surface area contributed by atoms with Crippen LogP contribution in [0.3, 0.4) is 0 Å². The monoisotopic (exact) mass is 435 g/mol. The molecule has 160 valence electrons. The second kappa shape index (κ2) is 7.46. The van der Waals surface area contributed by atoms with Gasteiger partial charge in [0, 0.05) is 28.2 Å². The van der Waals surface area contributed by atoms with E-state index in [4.69, 9.17) is 0 Å². The van der Waals surface area contributed by atoms with Crippen molar-refractivity contribution in [1.29, 1.82) is 0 Å². The highest BCUT2D eigenvalue weighted by Gasteiger charge is 2.17. The molecule has 0 amide bonds. The van der Waals surface area contributed by atoms with E-state index in [2.05, 4.69) is 118 Å². The van der Waals surface area contributed by atoms with Gasteiger partial charge in [0.2, 0.25) is 0 Å². The Morgan fingerprint density at radius 1 is 0.618 bits per heavy atom. The molecule has 0 spiro atoms. The molecule has 3 heteroatoms. The number of para-hydroxylation sites is 3. The number of hydrogen-bond donors (Lipinski definition) is 1. The summed E-state index contributed by atoms with van der Waals surface area (Å²) in [6, 6.07) is 36.3. The van der Waals surface area contributed by atoms with Crippen molar-refractivity contribution in [2.24, 2.45) is 0 Å². The van der Waals surface area contributed by atoms with Gasteiger partial charge in [0.15, 0.2) is 0 Å². The number of nitrogens with zero attached hydrogens (tertiary/aromatic N) is 2. The lowest BCUT2D eigenvalue weighted by atomic mass is 9.98. The van der Waals surface area contributed by atoms with Crippen LogP contribution < -0.4 is 5.32 Å². The number of pyridine rings is 1. The first-order chi connectivity index (χ1) is 16.9. The van der Waals surface area contributed by atoms with Gasteiger partial charge in [0.05, 0.1) is 16.7 Å². The lowest BCUT2D eigenvalue weighted by molar-refractivity contribution is 1.08. The number of anilines is 2. The Balaban J connectivity index is 1.48. The maximum absolute atomic E-state index is 4.67. The number of fused-ring (bicyclic) bond motifs is 5. The normalized spacial score (nSPS) is 12.2. The highest BCUT2D eigenvalue weighted by atomic mass is 15.1. The van der Waals surface area contributed by atoms with Crippen LogP contribution in [-0.4, -0.2) is 9.55 Å². The van der Waals surface area contributed by atoms with Gasteiger partial charge in [-0.1, -0.05) is 84.9 Å². The Morgan fingerprint density at radius 2 is 1.41 bits per heavy atom. The average Bonchev–Trinajstić information content (AvgIpc) is 3.09. The second-order valence-electron chi connectivity index (χ2n) is 8.59. The predicted octanol–water partition coefficient (Wildman–Crippen LogP) is 8.07. The van der Waals surface area contributed by atoms with Crippen LogP contribution in [0.4, 0.5) is 11.4 Å². The number of rotatable bonds is 2. The third-order valence-electron chi connectivity index (χ3n) is 6.62. The van der Waals surface area contributed by atoms with Crippen molar-refractivity contribution >= 4 is 45.3 Å². The lowest BCUT2D eigenvalue weighted by Gasteiger charge is -2.15. The molecular weight excluding hydrogens is 414 g/mol. The first-order valence-electron chi connectivity index (χ1n) is 11.5. The zero-order chi connectivity index (χ0) is 22.5. The topological polar surface area (TPSA) is 29.9 Å². The molecule has 7 rings (SSSR count). The molecular formula is C31H21N3. The standard InChI is InChI=1S/C31H21N3/c1-3-12-27-21(8-1)15-16-22-9-7-11-24(31(22)33-27)23-17-18-26-25-10-2-4-13-28(25)34(29(26)20-23)30-14-5-6-19-32-30/h1-20,33H. The Bertz CT molecular complexity index is 1730. The van der Waals surface area contributed by atoms with Gasteiger partial charge in [0.1, 0.15) is 5.82 Å². The zero-order valence-corrected chi connectivity index (χ0v) is 18.4. The third-order valence-corrected chi connectivity index (χ3v) is 6.62. The molecule has 1 N–H and O–H groups in total. The fourth-order valence-corrected chi connectivity index (χ4v) is 5.03. The Morgan fingerprint density at radius 3 is 2.35 bits per heavy atom. The summed E-state index contributed by atoms with van der Waals surface area (Å²) in [6.45, 7) is 0. The summed E-state index contributed by atoms with van der Waals surface area (Å²) in [5.41, 5.74) is 9.28. The SMILES string of the molecule is C1=Cc2cccc(-c3ccc4c5ccccc5n(-c5ccccn5)c4c3)c2Nc2ccccc21. The van der Waals surface area contributed by atoms with E-state index in [0.29, 0.717) is 0 Å². The largest absolute Gasteiger partial charge is 0.354 e. The van der Waals surface area contributed by atoms with Crippen molar-refractivity contribution in [3.05, 3.63) is 120 Å². The molecule has 1 aliphatic rings. The fraction of sp³-hybridized carbons (Fsp3) is 0. The van der Waals surface area contributed by atoms with Gasteiger partial charge in [-0.2, -0.15) is 0 Å². The molecule has 2 aromatic heterocycles. The van der Waals surface area contributed by atoms with Crippen LogP contribution in [0.25, 0.3) is 50.9 Å². The summed E-state index contributed by atoms with van der Waals surface area (Å²) in [7, 11) is 0. The average molecular weight is 436 g/mol. The molecule has 3 nitrogen and oxygen atoms in total. The number of nitrogens with one attached hydrogen (secondary N) is 1. The van der Waals surface area contributed by atoms with E-state index >= 15 is 0 Å². The van der Waals surface area contributed by atoms with E-state index in [9.17, 15) is 0 Å². The molecule has 34 heavy (non-hydrogen) atoms. The molecule has 4 aromatic carbocycles. The maximum atomic E-state index is 4.67. The van der Waals surface area contributed by atoms with Gasteiger partial charge in [-0.15, -0.1) is 0 Å². The number of aromatic nitrogens is 2. The van der Waals surface area contributed by atoms with Crippen molar-refractivity contribution in [2.75, 3.05) is 5.32 Å². The van der Waals surface area contributed by atoms with Crippen LogP contribution in [0.2, 0.25) is 0 Å². The van der Waals surface area contributed by atoms with Crippen molar-refractivity contribution in [3.63, 3.8) is 0 Å². The minimum Gasteiger partial charge on any atom is -0.354 e. The Labute approximate surface area is 197 Å². The smallest absolute Gasteiger partial charge is 0.137 e. The van der Waals surface area contributed by atoms with Crippen molar-refractivity contribution < 1.29 is 0 Å². The molecule has 0 bridgehead atoms. The highest BCUT2D eigenvalue weighted by Crippen LogP contribution is 2.40. The molecule has 6 aromatic rings. The number of hydrogen-bond acceptors (Lipinski definition) is 2. The van der Waals surface area contributed by atoms with Crippen LogP contribution in [-0.2, 0) is 0 Å². The maximum Gasteiger partial charge on any atom is 0.137 e. The predicted molar refractivity (Wildman–Crippen MR) is 143 cm³/mol. The van der Waals surface area contributed by atoms with E-state index in [0.717, 1.165) is 28.2 Å². The molecule has 1 aliphatic heterocycles. The van der Waals surface area contributed by atoms with Crippen LogP contribution in [0.15, 0.2) is 109 Å². The summed E-state index contributed by atoms with van der Waals surface area (Å²) in [5.74, 6) is 0.924. The van der Waals surface area contributed by atoms with Gasteiger partial charge in [-0.3, -0.25) is 4.57 Å². The fourth-order valence-electron chi connectivity index (χ4n) is 5.03. The summed E-state index contributed by atoms with van der Waals surface area (Å²) in [5, 5.41) is 6.17. The number of benzene rings is 4. The van der Waals surface area contributed by atoms with Gasteiger partial charge in [-0.25, -0.2) is 4.98 Å². The van der Waals surface area contributed by atoms with Gasteiger partial charge < -0.3 is 5.32 Å². The quantitative estimate of drug-likeness (QED) is 0.297. The molecule has 0 saturated heterocycles. The molecule has 3 heterocycles. The lowest BCUT2D eigenvalue weighted by Crippen LogP contribution is -1.98. The van der Waals surface area contributed by atoms with Gasteiger partial charge in [-0.05, 0) is 47.0 Å². The minimum absolute atomic E-state index is 0.924. The molecule has 0 aliphatic carbocycles. The summed E-state index contributed by atoms with van der Waals surface area (Å²) in [6.07, 6.45) is 6.23. The molecule has 0 unspecified atom stereocenters. The molecule has 0 radical (unpaired) electrons. The van der Waals surface area contributed by atoms with Gasteiger partial charge in [0.25, 0.3) is 0 Å². The second-order valence-corrected chi connectivity index (χ2v) is 8.59. The summed E-state index contributed by atoms with van der Waals surface area (Å²) < 4.78 is 2.26. The summed E-state index contributed by atoms with van der Waals surface area (Å²) >= 11 is 0. The first kappa shape index (κ1) is 18.9. The van der Waals surface area contributed by atoms with E-state index in [-0.39, 0.29) is 0 Å². The van der Waals surface area contributed by atoms with E-state index < -0.39 is 0 Å². The van der Waals surface area contributed by atoms with Crippen LogP contribution in [0.1, 0.15) is 11.1 Å². The highest BCUT2D eigenvalue weighted by molar-refractivity contribution is 6.10. The van der Waals surface area contributed by atoms with Crippen molar-refractivity contribution in [3.8, 4) is 16.9 Å². The molecule has 0 saturated carbocycles. The minimum atomic E-state index is 0.924. The van der Waals surface area contributed by atoms with Crippen LogP contribution >= 0.6 is 0 Å². The third kappa shape index (κ3) is 2.87. The van der Waals surface area contributed by atoms with E-state index in [1.165, 1.54) is 33.0 Å². The van der Waals surface area contributed by atoms with Crippen molar-refractivity contribution in [2.45, 2.75) is 0 Å². The van der Waals surface area contributed by atoms with E-state index in [1.807, 2.05) is 18.3 Å².